The second kappa shape index (κ2) is 6.30. The fourth-order valence-corrected chi connectivity index (χ4v) is 4.30. The zero-order valence-electron chi connectivity index (χ0n) is 14.9. The highest BCUT2D eigenvalue weighted by Gasteiger charge is 2.53. The lowest BCUT2D eigenvalue weighted by Crippen LogP contribution is -2.46. The first-order valence-electron chi connectivity index (χ1n) is 9.09. The van der Waals surface area contributed by atoms with Gasteiger partial charge in [-0.15, -0.1) is 0 Å². The van der Waals surface area contributed by atoms with Crippen LogP contribution in [0, 0.1) is 5.41 Å². The highest BCUT2D eigenvalue weighted by Crippen LogP contribution is 2.53. The smallest absolute Gasteiger partial charge is 0.265 e. The van der Waals surface area contributed by atoms with Gasteiger partial charge in [-0.25, -0.2) is 4.99 Å². The normalized spacial score (nSPS) is 24.3. The Balaban J connectivity index is 1.58. The van der Waals surface area contributed by atoms with Crippen molar-refractivity contribution in [3.63, 3.8) is 0 Å². The lowest BCUT2D eigenvalue weighted by Gasteiger charge is -2.33. The van der Waals surface area contributed by atoms with Crippen LogP contribution in [0.5, 0.6) is 11.5 Å². The van der Waals surface area contributed by atoms with Crippen LogP contribution in [0.15, 0.2) is 53.8 Å². The monoisotopic (exact) mass is 375 g/mol. The van der Waals surface area contributed by atoms with Gasteiger partial charge in [-0.2, -0.15) is 0 Å². The first-order valence-corrected chi connectivity index (χ1v) is 9.09. The number of nitrogens with zero attached hydrogens (tertiary/aromatic N) is 2. The largest absolute Gasteiger partial charge is 0.454 e. The van der Waals surface area contributed by atoms with Gasteiger partial charge in [0.25, 0.3) is 5.91 Å². The second-order valence-corrected chi connectivity index (χ2v) is 6.96. The third kappa shape index (κ3) is 2.36. The minimum absolute atomic E-state index is 0.188. The Labute approximate surface area is 161 Å². The average molecular weight is 375 g/mol. The van der Waals surface area contributed by atoms with Crippen molar-refractivity contribution in [3.05, 3.63) is 59.9 Å². The topological polar surface area (TPSA) is 89.9 Å². The molecule has 140 valence electrons. The van der Waals surface area contributed by atoms with Crippen molar-refractivity contribution < 1.29 is 19.1 Å². The van der Waals surface area contributed by atoms with E-state index in [2.05, 4.69) is 15.3 Å². The van der Waals surface area contributed by atoms with Gasteiger partial charge in [0.2, 0.25) is 12.7 Å². The quantitative estimate of drug-likeness (QED) is 0.833. The van der Waals surface area contributed by atoms with Crippen molar-refractivity contribution in [2.24, 2.45) is 10.4 Å². The van der Waals surface area contributed by atoms with Crippen molar-refractivity contribution in [2.75, 3.05) is 12.1 Å². The Kier molecular flexibility index (Phi) is 3.75. The number of nitrogens with one attached hydrogen (secondary N) is 1. The van der Waals surface area contributed by atoms with Crippen LogP contribution >= 0.6 is 0 Å². The molecule has 0 saturated heterocycles. The van der Waals surface area contributed by atoms with Gasteiger partial charge in [0.1, 0.15) is 0 Å². The number of amides is 2. The number of ether oxygens (including phenoxy) is 2. The minimum Gasteiger partial charge on any atom is -0.454 e. The Bertz CT molecular complexity index is 1030. The van der Waals surface area contributed by atoms with E-state index in [4.69, 9.17) is 9.47 Å². The third-order valence-corrected chi connectivity index (χ3v) is 5.59. The average Bonchev–Trinajstić information content (AvgIpc) is 3.36. The molecule has 2 aliphatic heterocycles. The number of carbonyl (C=O) groups is 2. The number of pyridine rings is 1. The maximum absolute atomic E-state index is 13.4. The summed E-state index contributed by atoms with van der Waals surface area (Å²) in [6.45, 7) is 0.188. The molecule has 1 aromatic heterocycles. The van der Waals surface area contributed by atoms with Crippen LogP contribution in [-0.2, 0) is 16.0 Å². The van der Waals surface area contributed by atoms with Crippen molar-refractivity contribution in [1.82, 2.24) is 4.98 Å². The van der Waals surface area contributed by atoms with E-state index < -0.39 is 17.2 Å². The molecule has 5 rings (SSSR count). The molecular weight excluding hydrogens is 358 g/mol. The van der Waals surface area contributed by atoms with Gasteiger partial charge in [-0.05, 0) is 42.7 Å². The van der Waals surface area contributed by atoms with Gasteiger partial charge in [0.05, 0.1) is 0 Å². The third-order valence-electron chi connectivity index (χ3n) is 5.59. The van der Waals surface area contributed by atoms with E-state index in [0.29, 0.717) is 24.3 Å². The molecule has 7 heteroatoms. The molecule has 0 saturated carbocycles. The van der Waals surface area contributed by atoms with E-state index in [9.17, 15) is 9.59 Å². The number of aliphatic imine (C=N–C) groups is 1. The summed E-state index contributed by atoms with van der Waals surface area (Å²) in [4.78, 5) is 34.3. The van der Waals surface area contributed by atoms with E-state index in [0.717, 1.165) is 16.9 Å². The molecular formula is C21H17N3O4. The van der Waals surface area contributed by atoms with Crippen molar-refractivity contribution in [3.8, 4) is 11.5 Å². The highest BCUT2D eigenvalue weighted by atomic mass is 16.7. The molecule has 7 nitrogen and oxygen atoms in total. The van der Waals surface area contributed by atoms with Gasteiger partial charge in [-0.1, -0.05) is 12.1 Å². The molecule has 3 heterocycles. The molecule has 3 aliphatic rings. The van der Waals surface area contributed by atoms with Crippen LogP contribution in [0.1, 0.15) is 23.5 Å². The molecule has 2 atom stereocenters. The van der Waals surface area contributed by atoms with E-state index in [1.54, 1.807) is 36.7 Å². The molecule has 2 unspecified atom stereocenters. The second-order valence-electron chi connectivity index (χ2n) is 6.96. The number of anilines is 1. The Hall–Kier alpha value is -3.48. The van der Waals surface area contributed by atoms with Gasteiger partial charge in [-0.3, -0.25) is 14.6 Å². The predicted octanol–water partition coefficient (Wildman–Crippen LogP) is 2.63. The number of hydrogen-bond donors (Lipinski definition) is 1. The SMILES string of the molecule is O=C1N=CC=CC1(C(=O)Nc1ccncc1)C1CCc2c1ccc1c2OCO1. The lowest BCUT2D eigenvalue weighted by molar-refractivity contribution is -0.136. The molecule has 0 radical (unpaired) electrons. The van der Waals surface area contributed by atoms with Gasteiger partial charge >= 0.3 is 0 Å². The molecule has 2 aromatic rings. The number of benzene rings is 1. The molecule has 1 aromatic carbocycles. The van der Waals surface area contributed by atoms with Crippen molar-refractivity contribution in [1.29, 1.82) is 0 Å². The summed E-state index contributed by atoms with van der Waals surface area (Å²) in [5.74, 6) is 0.239. The molecule has 1 N–H and O–H groups in total. The summed E-state index contributed by atoms with van der Waals surface area (Å²) in [5, 5.41) is 2.86. The summed E-state index contributed by atoms with van der Waals surface area (Å²) in [7, 11) is 0. The molecule has 2 amide bonds. The standard InChI is InChI=1S/C21H17N3O4/c25-19-21(8-1-9-23-19,20(26)24-13-6-10-22-11-7-13)16-4-2-15-14(16)3-5-17-18(15)28-12-27-17/h1,3,5-11,16H,2,4,12H2,(H,22,24,26). The maximum Gasteiger partial charge on any atom is 0.265 e. The number of allylic oxidation sites excluding steroid dienone is 1. The molecule has 0 bridgehead atoms. The van der Waals surface area contributed by atoms with E-state index in [1.807, 2.05) is 12.1 Å². The van der Waals surface area contributed by atoms with Gasteiger partial charge in [0, 0.05) is 35.8 Å². The minimum atomic E-state index is -1.41. The van der Waals surface area contributed by atoms with Crippen LogP contribution in [-0.4, -0.2) is 29.8 Å². The number of carbonyl (C=O) groups excluding carboxylic acids is 2. The summed E-state index contributed by atoms with van der Waals surface area (Å²) in [6.07, 6.45) is 9.29. The van der Waals surface area contributed by atoms with Crippen molar-refractivity contribution >= 4 is 23.7 Å². The zero-order chi connectivity index (χ0) is 19.1. The van der Waals surface area contributed by atoms with Gasteiger partial charge in [0.15, 0.2) is 16.9 Å². The van der Waals surface area contributed by atoms with E-state index in [-0.39, 0.29) is 12.7 Å². The molecule has 1 aliphatic carbocycles. The molecule has 0 spiro atoms. The van der Waals surface area contributed by atoms with Crippen LogP contribution in [0.25, 0.3) is 0 Å². The fraction of sp³-hybridized carbons (Fsp3) is 0.238. The predicted molar refractivity (Wildman–Crippen MR) is 102 cm³/mol. The lowest BCUT2D eigenvalue weighted by atomic mass is 9.70. The van der Waals surface area contributed by atoms with Gasteiger partial charge < -0.3 is 14.8 Å². The number of dihydropyridines is 1. The summed E-state index contributed by atoms with van der Waals surface area (Å²) >= 11 is 0. The highest BCUT2D eigenvalue weighted by molar-refractivity contribution is 6.16. The fourth-order valence-electron chi connectivity index (χ4n) is 4.30. The van der Waals surface area contributed by atoms with Crippen LogP contribution in [0.4, 0.5) is 5.69 Å². The zero-order valence-corrected chi connectivity index (χ0v) is 14.9. The molecule has 0 fully saturated rings. The molecule has 28 heavy (non-hydrogen) atoms. The Morgan fingerprint density at radius 3 is 2.86 bits per heavy atom. The summed E-state index contributed by atoms with van der Waals surface area (Å²) in [5.41, 5.74) is 1.12. The first kappa shape index (κ1) is 16.7. The number of fused-ring (bicyclic) bond motifs is 3. The summed E-state index contributed by atoms with van der Waals surface area (Å²) < 4.78 is 11.1. The number of aromatic nitrogens is 1. The number of hydrogen-bond acceptors (Lipinski definition) is 5. The van der Waals surface area contributed by atoms with Crippen LogP contribution in [0.2, 0.25) is 0 Å². The Morgan fingerprint density at radius 2 is 2.04 bits per heavy atom. The Morgan fingerprint density at radius 1 is 1.18 bits per heavy atom. The maximum atomic E-state index is 13.4. The van der Waals surface area contributed by atoms with Crippen LogP contribution < -0.4 is 14.8 Å². The number of rotatable bonds is 3. The summed E-state index contributed by atoms with van der Waals surface area (Å²) in [6, 6.07) is 7.15. The van der Waals surface area contributed by atoms with Crippen LogP contribution in [0.3, 0.4) is 0 Å². The first-order chi connectivity index (χ1) is 13.7. The van der Waals surface area contributed by atoms with E-state index in [1.165, 1.54) is 6.21 Å². The van der Waals surface area contributed by atoms with E-state index >= 15 is 0 Å². The van der Waals surface area contributed by atoms with Crippen molar-refractivity contribution in [2.45, 2.75) is 18.8 Å².